The van der Waals surface area contributed by atoms with Crippen LogP contribution in [-0.2, 0) is 6.54 Å². The highest BCUT2D eigenvalue weighted by molar-refractivity contribution is 5.94. The van der Waals surface area contributed by atoms with Crippen LogP contribution >= 0.6 is 0 Å². The molecule has 0 aliphatic heterocycles. The zero-order valence-electron chi connectivity index (χ0n) is 16.2. The molecule has 9 N–H and O–H groups in total. The van der Waals surface area contributed by atoms with Crippen LogP contribution < -0.4 is 33.4 Å². The Hall–Kier alpha value is -4.15. The number of H-pyrrole nitrogens is 1. The maximum atomic E-state index is 12.2. The molecule has 0 aliphatic rings. The Morgan fingerprint density at radius 3 is 2.70 bits per heavy atom. The Labute approximate surface area is 171 Å². The topological polar surface area (TPSA) is 191 Å². The normalized spacial score (nSPS) is 11.4. The van der Waals surface area contributed by atoms with Crippen molar-refractivity contribution in [3.63, 3.8) is 0 Å². The summed E-state index contributed by atoms with van der Waals surface area (Å²) in [4.78, 5) is 38.8. The van der Waals surface area contributed by atoms with Gasteiger partial charge in [0.1, 0.15) is 0 Å². The van der Waals surface area contributed by atoms with Gasteiger partial charge in [-0.2, -0.15) is 4.98 Å². The van der Waals surface area contributed by atoms with E-state index in [9.17, 15) is 9.59 Å². The smallest absolute Gasteiger partial charge is 0.280 e. The maximum Gasteiger partial charge on any atom is 0.280 e. The average molecular weight is 409 g/mol. The molecule has 0 unspecified atom stereocenters. The second-order valence-electron chi connectivity index (χ2n) is 6.52. The number of nitrogens with two attached hydrogens (primary N) is 3. The molecular weight excluding hydrogens is 386 g/mol. The van der Waals surface area contributed by atoms with Crippen LogP contribution in [0.5, 0.6) is 0 Å². The van der Waals surface area contributed by atoms with E-state index in [0.717, 1.165) is 5.69 Å². The Kier molecular flexibility index (Phi) is 6.42. The number of nitrogens with one attached hydrogen (secondary N) is 3. The largest absolute Gasteiger partial charge is 0.403 e. The Morgan fingerprint density at radius 1 is 1.20 bits per heavy atom. The minimum atomic E-state index is -0.441. The summed E-state index contributed by atoms with van der Waals surface area (Å²) in [5.74, 6) is -0.170. The molecule has 1 amide bonds. The summed E-state index contributed by atoms with van der Waals surface area (Å²) in [5, 5.41) is 6.00. The third-order valence-corrected chi connectivity index (χ3v) is 4.25. The molecule has 2 aromatic heterocycles. The molecule has 3 aromatic rings. The van der Waals surface area contributed by atoms with Gasteiger partial charge in [-0.25, -0.2) is 9.97 Å². The number of fused-ring (bicyclic) bond motifs is 1. The van der Waals surface area contributed by atoms with E-state index in [1.165, 1.54) is 12.4 Å². The molecule has 11 nitrogen and oxygen atoms in total. The summed E-state index contributed by atoms with van der Waals surface area (Å²) >= 11 is 0. The van der Waals surface area contributed by atoms with Gasteiger partial charge >= 0.3 is 0 Å². The van der Waals surface area contributed by atoms with Gasteiger partial charge in [0.2, 0.25) is 5.95 Å². The predicted molar refractivity (Wildman–Crippen MR) is 114 cm³/mol. The molecule has 0 saturated heterocycles. The number of aromatic nitrogens is 4. The third kappa shape index (κ3) is 5.22. The minimum absolute atomic E-state index is 0.00618. The van der Waals surface area contributed by atoms with E-state index in [0.29, 0.717) is 42.9 Å². The molecule has 0 radical (unpaired) electrons. The molecule has 0 fully saturated rings. The molecule has 0 aliphatic carbocycles. The lowest BCUT2D eigenvalue weighted by atomic mass is 10.2. The standard InChI is InChI=1S/C19H23N9O2/c20-8-12(21)2-1-7-23-17(29)11-3-5-13(6-4-11)24-9-14-10-25-16-15(26-14)18(30)28-19(22)27-16/h3-6,8,10,24H,1-2,7,9,20-21H2,(H,23,29)(H3,22,25,27,28,30)/b12-8-. The Bertz CT molecular complexity index is 1120. The van der Waals surface area contributed by atoms with Crippen molar-refractivity contribution in [2.75, 3.05) is 17.6 Å². The quantitative estimate of drug-likeness (QED) is 0.282. The number of benzene rings is 1. The second-order valence-corrected chi connectivity index (χ2v) is 6.52. The summed E-state index contributed by atoms with van der Waals surface area (Å²) in [6, 6.07) is 7.01. The molecule has 0 spiro atoms. The zero-order chi connectivity index (χ0) is 21.5. The molecule has 1 aromatic carbocycles. The van der Waals surface area contributed by atoms with Gasteiger partial charge in [0.15, 0.2) is 11.2 Å². The summed E-state index contributed by atoms with van der Waals surface area (Å²) < 4.78 is 0. The number of aromatic amines is 1. The van der Waals surface area contributed by atoms with E-state index >= 15 is 0 Å². The molecule has 0 saturated carbocycles. The van der Waals surface area contributed by atoms with Gasteiger partial charge in [0.05, 0.1) is 18.4 Å². The highest BCUT2D eigenvalue weighted by Crippen LogP contribution is 2.11. The number of amides is 1. The maximum absolute atomic E-state index is 12.2. The number of allylic oxidation sites excluding steroid dienone is 1. The zero-order valence-corrected chi connectivity index (χ0v) is 16.2. The third-order valence-electron chi connectivity index (χ3n) is 4.25. The first kappa shape index (κ1) is 20.6. The van der Waals surface area contributed by atoms with Crippen molar-refractivity contribution in [2.45, 2.75) is 19.4 Å². The van der Waals surface area contributed by atoms with Crippen molar-refractivity contribution in [1.82, 2.24) is 25.3 Å². The van der Waals surface area contributed by atoms with Crippen LogP contribution in [0.3, 0.4) is 0 Å². The Morgan fingerprint density at radius 2 is 1.97 bits per heavy atom. The summed E-state index contributed by atoms with van der Waals surface area (Å²) in [5.41, 5.74) is 18.8. The first-order chi connectivity index (χ1) is 14.5. The number of carbonyl (C=O) groups is 1. The van der Waals surface area contributed by atoms with E-state index in [2.05, 4.69) is 30.6 Å². The number of hydrogen-bond acceptors (Lipinski definition) is 9. The molecule has 0 atom stereocenters. The van der Waals surface area contributed by atoms with Crippen LogP contribution in [0.4, 0.5) is 11.6 Å². The first-order valence-electron chi connectivity index (χ1n) is 9.26. The fourth-order valence-corrected chi connectivity index (χ4v) is 2.67. The number of hydrogen-bond donors (Lipinski definition) is 6. The first-order valence-corrected chi connectivity index (χ1v) is 9.26. The monoisotopic (exact) mass is 409 g/mol. The van der Waals surface area contributed by atoms with E-state index in [-0.39, 0.29) is 23.0 Å². The van der Waals surface area contributed by atoms with E-state index in [4.69, 9.17) is 17.2 Å². The van der Waals surface area contributed by atoms with Gasteiger partial charge < -0.3 is 27.8 Å². The molecular formula is C19H23N9O2. The number of nitrogen functional groups attached to an aromatic ring is 1. The van der Waals surface area contributed by atoms with Crippen molar-refractivity contribution in [2.24, 2.45) is 11.5 Å². The number of anilines is 2. The molecule has 30 heavy (non-hydrogen) atoms. The lowest BCUT2D eigenvalue weighted by molar-refractivity contribution is 0.0953. The van der Waals surface area contributed by atoms with Gasteiger partial charge in [-0.3, -0.25) is 14.6 Å². The van der Waals surface area contributed by atoms with Crippen molar-refractivity contribution in [3.05, 3.63) is 64.0 Å². The van der Waals surface area contributed by atoms with Gasteiger partial charge in [0.25, 0.3) is 11.5 Å². The highest BCUT2D eigenvalue weighted by Gasteiger charge is 2.08. The van der Waals surface area contributed by atoms with Gasteiger partial charge in [0, 0.05) is 29.7 Å². The molecule has 156 valence electrons. The van der Waals surface area contributed by atoms with E-state index in [1.807, 2.05) is 0 Å². The minimum Gasteiger partial charge on any atom is -0.403 e. The van der Waals surface area contributed by atoms with Crippen LogP contribution in [-0.4, -0.2) is 32.4 Å². The lowest BCUT2D eigenvalue weighted by Crippen LogP contribution is -2.24. The van der Waals surface area contributed by atoms with Crippen molar-refractivity contribution in [3.8, 4) is 0 Å². The number of carbonyl (C=O) groups excluding carboxylic acids is 1. The van der Waals surface area contributed by atoms with Crippen LogP contribution in [0.1, 0.15) is 28.9 Å². The van der Waals surface area contributed by atoms with Crippen LogP contribution in [0.2, 0.25) is 0 Å². The molecule has 11 heteroatoms. The molecule has 3 rings (SSSR count). The van der Waals surface area contributed by atoms with E-state index < -0.39 is 5.56 Å². The van der Waals surface area contributed by atoms with Gasteiger partial charge in [-0.15, -0.1) is 0 Å². The van der Waals surface area contributed by atoms with Gasteiger partial charge in [-0.05, 0) is 37.1 Å². The van der Waals surface area contributed by atoms with E-state index in [1.54, 1.807) is 24.3 Å². The lowest BCUT2D eigenvalue weighted by Gasteiger charge is -2.08. The summed E-state index contributed by atoms with van der Waals surface area (Å²) in [6.07, 6.45) is 4.23. The van der Waals surface area contributed by atoms with Crippen molar-refractivity contribution < 1.29 is 4.79 Å². The fourth-order valence-electron chi connectivity index (χ4n) is 2.67. The Balaban J connectivity index is 1.55. The number of nitrogens with zero attached hydrogens (tertiary/aromatic N) is 3. The van der Waals surface area contributed by atoms with Crippen molar-refractivity contribution in [1.29, 1.82) is 0 Å². The van der Waals surface area contributed by atoms with Crippen LogP contribution in [0.25, 0.3) is 11.2 Å². The van der Waals surface area contributed by atoms with Crippen LogP contribution in [0.15, 0.2) is 47.2 Å². The second kappa shape index (κ2) is 9.37. The fraction of sp³-hybridized carbons (Fsp3) is 0.211. The van der Waals surface area contributed by atoms with Crippen LogP contribution in [0, 0.1) is 0 Å². The predicted octanol–water partition coefficient (Wildman–Crippen LogP) is 0.176. The average Bonchev–Trinajstić information content (AvgIpc) is 2.75. The summed E-state index contributed by atoms with van der Waals surface area (Å²) in [6.45, 7) is 0.849. The van der Waals surface area contributed by atoms with Crippen molar-refractivity contribution >= 4 is 28.7 Å². The number of rotatable bonds is 8. The molecule has 0 bridgehead atoms. The SMILES string of the molecule is N/C=C(\N)CCCNC(=O)c1ccc(NCc2cnc3nc(N)[nH]c(=O)c3n2)cc1. The van der Waals surface area contributed by atoms with Gasteiger partial charge in [-0.1, -0.05) is 0 Å². The molecule has 2 heterocycles. The summed E-state index contributed by atoms with van der Waals surface area (Å²) in [7, 11) is 0. The highest BCUT2D eigenvalue weighted by atomic mass is 16.1.